The first-order chi connectivity index (χ1) is 8.20. The minimum absolute atomic E-state index is 0.152. The Labute approximate surface area is 99.7 Å². The summed E-state index contributed by atoms with van der Waals surface area (Å²) in [5, 5.41) is 18.5. The van der Waals surface area contributed by atoms with Crippen LogP contribution in [-0.4, -0.2) is 5.11 Å². The fourth-order valence-corrected chi connectivity index (χ4v) is 1.73. The van der Waals surface area contributed by atoms with Gasteiger partial charge in [-0.3, -0.25) is 0 Å². The molecule has 17 heavy (non-hydrogen) atoms. The van der Waals surface area contributed by atoms with Gasteiger partial charge in [-0.05, 0) is 29.3 Å². The molecule has 0 aliphatic heterocycles. The Kier molecular flexibility index (Phi) is 2.97. The van der Waals surface area contributed by atoms with E-state index < -0.39 is 0 Å². The predicted octanol–water partition coefficient (Wildman–Crippen LogP) is 2.71. The van der Waals surface area contributed by atoms with Crippen LogP contribution >= 0.6 is 0 Å². The van der Waals surface area contributed by atoms with Crippen LogP contribution in [0.3, 0.4) is 0 Å². The van der Waals surface area contributed by atoms with Crippen molar-refractivity contribution in [1.29, 1.82) is 5.26 Å². The van der Waals surface area contributed by atoms with Gasteiger partial charge >= 0.3 is 0 Å². The Hall–Kier alpha value is -2.47. The Morgan fingerprint density at radius 1 is 1.18 bits per heavy atom. The van der Waals surface area contributed by atoms with E-state index in [-0.39, 0.29) is 5.75 Å². The van der Waals surface area contributed by atoms with Crippen molar-refractivity contribution in [2.75, 3.05) is 5.73 Å². The number of benzene rings is 2. The molecule has 0 spiro atoms. The van der Waals surface area contributed by atoms with Gasteiger partial charge in [-0.25, -0.2) is 0 Å². The molecule has 0 amide bonds. The zero-order valence-electron chi connectivity index (χ0n) is 9.22. The Morgan fingerprint density at radius 3 is 2.71 bits per heavy atom. The van der Waals surface area contributed by atoms with Crippen molar-refractivity contribution in [1.82, 2.24) is 0 Å². The summed E-state index contributed by atoms with van der Waals surface area (Å²) < 4.78 is 0. The Bertz CT molecular complexity index is 585. The summed E-state index contributed by atoms with van der Waals surface area (Å²) in [5.41, 5.74) is 8.64. The first-order valence-electron chi connectivity index (χ1n) is 5.25. The molecule has 0 aromatic heterocycles. The summed E-state index contributed by atoms with van der Waals surface area (Å²) in [4.78, 5) is 0. The van der Waals surface area contributed by atoms with Crippen molar-refractivity contribution < 1.29 is 5.11 Å². The van der Waals surface area contributed by atoms with Crippen LogP contribution in [0.5, 0.6) is 5.75 Å². The third kappa shape index (κ3) is 2.37. The van der Waals surface area contributed by atoms with Crippen LogP contribution in [-0.2, 0) is 6.42 Å². The van der Waals surface area contributed by atoms with E-state index in [0.29, 0.717) is 12.1 Å². The lowest BCUT2D eigenvalue weighted by molar-refractivity contribution is 0.477. The van der Waals surface area contributed by atoms with Gasteiger partial charge in [0.2, 0.25) is 0 Å². The topological polar surface area (TPSA) is 70.0 Å². The molecule has 0 heterocycles. The Morgan fingerprint density at radius 2 is 2.00 bits per heavy atom. The fourth-order valence-electron chi connectivity index (χ4n) is 1.73. The maximum Gasteiger partial charge on any atom is 0.125 e. The molecule has 0 fully saturated rings. The van der Waals surface area contributed by atoms with Gasteiger partial charge in [-0.15, -0.1) is 0 Å². The minimum Gasteiger partial charge on any atom is -0.507 e. The van der Waals surface area contributed by atoms with E-state index in [4.69, 9.17) is 11.0 Å². The van der Waals surface area contributed by atoms with Gasteiger partial charge in [0.15, 0.2) is 0 Å². The van der Waals surface area contributed by atoms with Gasteiger partial charge in [0, 0.05) is 17.3 Å². The molecule has 0 radical (unpaired) electrons. The summed E-state index contributed by atoms with van der Waals surface area (Å²) in [6.45, 7) is 0. The van der Waals surface area contributed by atoms with Gasteiger partial charge in [-0.2, -0.15) is 5.26 Å². The molecule has 3 nitrogen and oxygen atoms in total. The average Bonchev–Trinajstić information content (AvgIpc) is 2.29. The molecular formula is C14H12N2O. The molecule has 84 valence electrons. The number of rotatable bonds is 2. The maximum atomic E-state index is 9.82. The molecule has 2 aromatic carbocycles. The summed E-state index contributed by atoms with van der Waals surface area (Å²) in [6.07, 6.45) is 0.365. The van der Waals surface area contributed by atoms with E-state index in [1.165, 1.54) is 6.07 Å². The molecule has 2 aromatic rings. The van der Waals surface area contributed by atoms with Crippen LogP contribution < -0.4 is 5.73 Å². The van der Waals surface area contributed by atoms with E-state index >= 15 is 0 Å². The number of nitrogen functional groups attached to an aromatic ring is 1. The molecule has 0 aliphatic rings. The van der Waals surface area contributed by atoms with Crippen LogP contribution in [0, 0.1) is 11.3 Å². The highest BCUT2D eigenvalue weighted by molar-refractivity contribution is 5.73. The zero-order valence-corrected chi connectivity index (χ0v) is 9.22. The lowest BCUT2D eigenvalue weighted by Gasteiger charge is -2.06. The van der Waals surface area contributed by atoms with Crippen LogP contribution in [0.4, 0.5) is 5.69 Å². The average molecular weight is 224 g/mol. The third-order valence-corrected chi connectivity index (χ3v) is 2.54. The number of nitriles is 1. The van der Waals surface area contributed by atoms with Gasteiger partial charge in [-0.1, -0.05) is 18.2 Å². The number of nitrogens with zero attached hydrogens (tertiary/aromatic N) is 1. The van der Waals surface area contributed by atoms with E-state index in [1.54, 1.807) is 12.1 Å². The maximum absolute atomic E-state index is 9.82. The normalized spacial score (nSPS) is 9.82. The standard InChI is InChI=1S/C14H12N2O/c15-7-6-10-2-1-3-11(8-10)13-5-4-12(16)9-14(13)17/h1-5,8-9,17H,6,16H2. The fraction of sp³-hybridized carbons (Fsp3) is 0.0714. The summed E-state index contributed by atoms with van der Waals surface area (Å²) in [7, 11) is 0. The third-order valence-electron chi connectivity index (χ3n) is 2.54. The van der Waals surface area contributed by atoms with Crippen molar-refractivity contribution in [3.63, 3.8) is 0 Å². The van der Waals surface area contributed by atoms with E-state index in [2.05, 4.69) is 6.07 Å². The molecule has 0 saturated carbocycles. The van der Waals surface area contributed by atoms with Crippen LogP contribution in [0.1, 0.15) is 5.56 Å². The van der Waals surface area contributed by atoms with Crippen LogP contribution in [0.2, 0.25) is 0 Å². The number of phenols is 1. The van der Waals surface area contributed by atoms with Crippen LogP contribution in [0.25, 0.3) is 11.1 Å². The van der Waals surface area contributed by atoms with Gasteiger partial charge < -0.3 is 10.8 Å². The molecule has 0 atom stereocenters. The first kappa shape index (κ1) is 11.0. The number of aromatic hydroxyl groups is 1. The molecule has 0 saturated heterocycles. The lowest BCUT2D eigenvalue weighted by Crippen LogP contribution is -1.87. The number of anilines is 1. The van der Waals surface area contributed by atoms with Crippen molar-refractivity contribution in [2.45, 2.75) is 6.42 Å². The summed E-state index contributed by atoms with van der Waals surface area (Å²) in [6, 6.07) is 14.7. The number of nitrogens with two attached hydrogens (primary N) is 1. The van der Waals surface area contributed by atoms with Gasteiger partial charge in [0.1, 0.15) is 5.75 Å². The van der Waals surface area contributed by atoms with Crippen molar-refractivity contribution >= 4 is 5.69 Å². The molecule has 0 bridgehead atoms. The number of hydrogen-bond acceptors (Lipinski definition) is 3. The highest BCUT2D eigenvalue weighted by Crippen LogP contribution is 2.31. The smallest absolute Gasteiger partial charge is 0.125 e. The van der Waals surface area contributed by atoms with Crippen molar-refractivity contribution in [3.05, 3.63) is 48.0 Å². The summed E-state index contributed by atoms with van der Waals surface area (Å²) in [5.74, 6) is 0.152. The second kappa shape index (κ2) is 4.58. The molecule has 3 N–H and O–H groups in total. The molecule has 3 heteroatoms. The number of hydrogen-bond donors (Lipinski definition) is 2. The Balaban J connectivity index is 2.46. The largest absolute Gasteiger partial charge is 0.507 e. The van der Waals surface area contributed by atoms with E-state index in [0.717, 1.165) is 16.7 Å². The highest BCUT2D eigenvalue weighted by atomic mass is 16.3. The summed E-state index contributed by atoms with van der Waals surface area (Å²) >= 11 is 0. The molecular weight excluding hydrogens is 212 g/mol. The number of phenolic OH excluding ortho intramolecular Hbond substituents is 1. The van der Waals surface area contributed by atoms with Crippen molar-refractivity contribution in [2.24, 2.45) is 0 Å². The molecule has 0 aliphatic carbocycles. The lowest BCUT2D eigenvalue weighted by atomic mass is 10.0. The second-order valence-corrected chi connectivity index (χ2v) is 3.81. The van der Waals surface area contributed by atoms with Gasteiger partial charge in [0.05, 0.1) is 12.5 Å². The molecule has 2 rings (SSSR count). The predicted molar refractivity (Wildman–Crippen MR) is 67.3 cm³/mol. The quantitative estimate of drug-likeness (QED) is 0.770. The highest BCUT2D eigenvalue weighted by Gasteiger charge is 2.05. The van der Waals surface area contributed by atoms with E-state index in [9.17, 15) is 5.11 Å². The minimum atomic E-state index is 0.152. The zero-order chi connectivity index (χ0) is 12.3. The van der Waals surface area contributed by atoms with Crippen LogP contribution in [0.15, 0.2) is 42.5 Å². The second-order valence-electron chi connectivity index (χ2n) is 3.81. The molecule has 0 unspecified atom stereocenters. The first-order valence-corrected chi connectivity index (χ1v) is 5.25. The van der Waals surface area contributed by atoms with E-state index in [1.807, 2.05) is 24.3 Å². The van der Waals surface area contributed by atoms with Crippen molar-refractivity contribution in [3.8, 4) is 22.9 Å². The SMILES string of the molecule is N#CCc1cccc(-c2ccc(N)cc2O)c1. The van der Waals surface area contributed by atoms with Gasteiger partial charge in [0.25, 0.3) is 0 Å². The monoisotopic (exact) mass is 224 g/mol.